The molecule has 0 aliphatic heterocycles. The number of halogens is 1. The first-order valence-electron chi connectivity index (χ1n) is 11.5. The molecule has 2 N–H and O–H groups in total. The van der Waals surface area contributed by atoms with E-state index in [1.165, 1.54) is 40.6 Å². The summed E-state index contributed by atoms with van der Waals surface area (Å²) in [7, 11) is 0. The molecule has 0 radical (unpaired) electrons. The van der Waals surface area contributed by atoms with Crippen molar-refractivity contribution in [2.24, 2.45) is 0 Å². The van der Waals surface area contributed by atoms with Gasteiger partial charge in [-0.3, -0.25) is 0 Å². The molecule has 0 bridgehead atoms. The minimum atomic E-state index is 0.394. The Labute approximate surface area is 195 Å². The lowest BCUT2D eigenvalue weighted by molar-refractivity contribution is 0.483. The molecule has 3 nitrogen and oxygen atoms in total. The summed E-state index contributed by atoms with van der Waals surface area (Å²) in [6.07, 6.45) is 8.08. The minimum absolute atomic E-state index is 0.394. The molecule has 2 aromatic heterocycles. The van der Waals surface area contributed by atoms with E-state index in [4.69, 9.17) is 0 Å². The molecular weight excluding hydrogens is 446 g/mol. The van der Waals surface area contributed by atoms with E-state index in [-0.39, 0.29) is 0 Å². The number of nitrogens with zero attached hydrogens (tertiary/aromatic N) is 1. The third-order valence-corrected chi connectivity index (χ3v) is 6.04. The number of anilines is 1. The summed E-state index contributed by atoms with van der Waals surface area (Å²) in [5.41, 5.74) is 6.58. The van der Waals surface area contributed by atoms with Crippen LogP contribution in [0.2, 0.25) is 0 Å². The third kappa shape index (κ3) is 5.24. The van der Waals surface area contributed by atoms with Crippen LogP contribution in [0, 0.1) is 0 Å². The smallest absolute Gasteiger partial charge is 0.0732 e. The van der Waals surface area contributed by atoms with Crippen LogP contribution >= 0.6 is 15.9 Å². The zero-order valence-electron chi connectivity index (χ0n) is 19.1. The summed E-state index contributed by atoms with van der Waals surface area (Å²) in [4.78, 5) is 3.70. The van der Waals surface area contributed by atoms with Crippen LogP contribution in [-0.4, -0.2) is 9.55 Å². The molecule has 2 heterocycles. The number of fused-ring (bicyclic) bond motifs is 3. The largest absolute Gasteiger partial charge is 0.381 e. The molecule has 0 fully saturated rings. The van der Waals surface area contributed by atoms with Crippen LogP contribution in [0.5, 0.6) is 0 Å². The molecule has 5 rings (SSSR count). The highest BCUT2D eigenvalue weighted by atomic mass is 79.9. The first-order chi connectivity index (χ1) is 15.3. The van der Waals surface area contributed by atoms with E-state index in [1.807, 2.05) is 33.8 Å². The van der Waals surface area contributed by atoms with E-state index in [1.54, 1.807) is 0 Å². The maximum atomic E-state index is 3.70. The lowest BCUT2D eigenvalue weighted by Gasteiger charge is -2.24. The maximum absolute atomic E-state index is 3.70. The normalized spacial score (nSPS) is 14.7. The number of aromatic nitrogens is 2. The molecule has 1 atom stereocenters. The quantitative estimate of drug-likeness (QED) is 0.302. The monoisotopic (exact) mass is 479 g/mol. The van der Waals surface area contributed by atoms with Crippen LogP contribution in [0.15, 0.2) is 71.5 Å². The summed E-state index contributed by atoms with van der Waals surface area (Å²) in [6, 6.07) is 19.5. The summed E-state index contributed by atoms with van der Waals surface area (Å²) < 4.78 is 3.53. The average Bonchev–Trinajstić information content (AvgIpc) is 3.45. The summed E-state index contributed by atoms with van der Waals surface area (Å²) in [6.45, 7) is 8.84. The van der Waals surface area contributed by atoms with Crippen molar-refractivity contribution in [3.05, 3.63) is 88.3 Å². The van der Waals surface area contributed by atoms with Gasteiger partial charge in [-0.15, -0.1) is 0 Å². The highest BCUT2D eigenvalue weighted by molar-refractivity contribution is 9.10. The van der Waals surface area contributed by atoms with Crippen molar-refractivity contribution in [3.8, 4) is 0 Å². The van der Waals surface area contributed by atoms with Gasteiger partial charge in [0.1, 0.15) is 0 Å². The van der Waals surface area contributed by atoms with Gasteiger partial charge in [-0.25, -0.2) is 0 Å². The van der Waals surface area contributed by atoms with Gasteiger partial charge in [0, 0.05) is 45.7 Å². The molecule has 0 saturated heterocycles. The number of rotatable bonds is 4. The summed E-state index contributed by atoms with van der Waals surface area (Å²) >= 11 is 3.62. The molecule has 31 heavy (non-hydrogen) atoms. The predicted octanol–water partition coefficient (Wildman–Crippen LogP) is 8.32. The van der Waals surface area contributed by atoms with Crippen LogP contribution in [0.3, 0.4) is 0 Å². The van der Waals surface area contributed by atoms with Gasteiger partial charge >= 0.3 is 0 Å². The Morgan fingerprint density at radius 1 is 1.03 bits per heavy atom. The molecule has 164 valence electrons. The predicted molar refractivity (Wildman–Crippen MR) is 138 cm³/mol. The van der Waals surface area contributed by atoms with Crippen molar-refractivity contribution < 1.29 is 0 Å². The molecule has 0 amide bonds. The Morgan fingerprint density at radius 3 is 2.58 bits per heavy atom. The summed E-state index contributed by atoms with van der Waals surface area (Å²) in [5, 5.41) is 4.86. The van der Waals surface area contributed by atoms with Gasteiger partial charge in [0.15, 0.2) is 0 Å². The van der Waals surface area contributed by atoms with E-state index in [0.29, 0.717) is 6.04 Å². The van der Waals surface area contributed by atoms with Crippen LogP contribution in [-0.2, 0) is 13.0 Å². The fourth-order valence-electron chi connectivity index (χ4n) is 4.23. The van der Waals surface area contributed by atoms with Crippen molar-refractivity contribution in [2.45, 2.75) is 59.5 Å². The van der Waals surface area contributed by atoms with Gasteiger partial charge in [0.2, 0.25) is 0 Å². The minimum Gasteiger partial charge on any atom is -0.381 e. The molecule has 0 spiro atoms. The lowest BCUT2D eigenvalue weighted by atomic mass is 9.91. The van der Waals surface area contributed by atoms with Crippen LogP contribution in [0.4, 0.5) is 5.69 Å². The Kier molecular flexibility index (Phi) is 8.42. The Hall–Kier alpha value is -2.46. The third-order valence-electron chi connectivity index (χ3n) is 5.54. The number of hydrogen-bond donors (Lipinski definition) is 2. The van der Waals surface area contributed by atoms with Gasteiger partial charge in [0.05, 0.1) is 6.04 Å². The first kappa shape index (κ1) is 23.2. The van der Waals surface area contributed by atoms with Crippen LogP contribution < -0.4 is 5.32 Å². The maximum Gasteiger partial charge on any atom is 0.0732 e. The molecule has 1 unspecified atom stereocenters. The van der Waals surface area contributed by atoms with Crippen molar-refractivity contribution in [3.63, 3.8) is 0 Å². The van der Waals surface area contributed by atoms with Crippen molar-refractivity contribution >= 4 is 32.5 Å². The zero-order chi connectivity index (χ0) is 22.2. The molecule has 4 aromatic rings. The van der Waals surface area contributed by atoms with E-state index in [0.717, 1.165) is 23.1 Å². The standard InChI is InChI=1S/C23H22BrN3.2C2H6/c24-17-9-10-21-20(13-17)19-7-4-8-22(23(19)26-21)27-12-11-16(15-27)14-25-18-5-2-1-3-6-18;2*1-2/h1-3,5-6,9-13,15,22,25-26H,4,7-8,14H2;2*1-2H3. The number of hydrogen-bond acceptors (Lipinski definition) is 1. The second kappa shape index (κ2) is 11.2. The Morgan fingerprint density at radius 2 is 1.81 bits per heavy atom. The molecule has 1 aliphatic carbocycles. The number of para-hydroxylation sites is 1. The number of H-pyrrole nitrogens is 1. The number of aromatic amines is 1. The molecule has 0 saturated carbocycles. The van der Waals surface area contributed by atoms with Gasteiger partial charge < -0.3 is 14.9 Å². The SMILES string of the molecule is Brc1ccc2[nH]c3c(c2c1)CCCC3n1ccc(CNc2ccccc2)c1.CC.CC. The van der Waals surface area contributed by atoms with Gasteiger partial charge in [-0.1, -0.05) is 61.8 Å². The molecule has 4 heteroatoms. The van der Waals surface area contributed by atoms with E-state index < -0.39 is 0 Å². The van der Waals surface area contributed by atoms with Gasteiger partial charge in [0.25, 0.3) is 0 Å². The van der Waals surface area contributed by atoms with Gasteiger partial charge in [-0.05, 0) is 66.8 Å². The molecule has 1 aliphatic rings. The number of nitrogens with one attached hydrogen (secondary N) is 2. The first-order valence-corrected chi connectivity index (χ1v) is 12.3. The van der Waals surface area contributed by atoms with Crippen molar-refractivity contribution in [1.29, 1.82) is 0 Å². The summed E-state index contributed by atoms with van der Waals surface area (Å²) in [5.74, 6) is 0. The molecular formula is C27H34BrN3. The van der Waals surface area contributed by atoms with Crippen molar-refractivity contribution in [2.75, 3.05) is 5.32 Å². The number of benzene rings is 2. The average molecular weight is 480 g/mol. The topological polar surface area (TPSA) is 32.8 Å². The van der Waals surface area contributed by atoms with E-state index >= 15 is 0 Å². The van der Waals surface area contributed by atoms with Crippen LogP contribution in [0.1, 0.15) is 63.4 Å². The second-order valence-corrected chi connectivity index (χ2v) is 8.22. The van der Waals surface area contributed by atoms with Crippen LogP contribution in [0.25, 0.3) is 10.9 Å². The Bertz CT molecular complexity index is 1080. The zero-order valence-corrected chi connectivity index (χ0v) is 20.7. The fourth-order valence-corrected chi connectivity index (χ4v) is 4.59. The fraction of sp³-hybridized carbons (Fsp3) is 0.333. The highest BCUT2D eigenvalue weighted by Gasteiger charge is 2.25. The van der Waals surface area contributed by atoms with E-state index in [2.05, 4.69) is 91.7 Å². The lowest BCUT2D eigenvalue weighted by Crippen LogP contribution is -2.15. The number of aryl methyl sites for hydroxylation is 1. The van der Waals surface area contributed by atoms with Gasteiger partial charge in [-0.2, -0.15) is 0 Å². The highest BCUT2D eigenvalue weighted by Crippen LogP contribution is 2.38. The molecule has 2 aromatic carbocycles. The van der Waals surface area contributed by atoms with Crippen molar-refractivity contribution in [1.82, 2.24) is 9.55 Å². The van der Waals surface area contributed by atoms with E-state index in [9.17, 15) is 0 Å². The Balaban J connectivity index is 0.000000645. The second-order valence-electron chi connectivity index (χ2n) is 7.30.